The topological polar surface area (TPSA) is 141 Å². The molecular formula is C22H32N4O5. The lowest BCUT2D eigenvalue weighted by molar-refractivity contribution is -0.153. The molecule has 5 N–H and O–H groups in total. The number of fused-ring (bicyclic) bond motifs is 1. The lowest BCUT2D eigenvalue weighted by Gasteiger charge is -2.39. The zero-order chi connectivity index (χ0) is 22.4. The van der Waals surface area contributed by atoms with Gasteiger partial charge in [-0.15, -0.1) is 0 Å². The number of aliphatic hydroxyl groups is 1. The van der Waals surface area contributed by atoms with Gasteiger partial charge in [-0.1, -0.05) is 6.07 Å². The van der Waals surface area contributed by atoms with Gasteiger partial charge in [-0.05, 0) is 63.0 Å². The first-order valence-corrected chi connectivity index (χ1v) is 11.0. The molecule has 0 radical (unpaired) electrons. The predicted octanol–water partition coefficient (Wildman–Crippen LogP) is 0.999. The number of aliphatic carboxylic acids is 1. The molecule has 31 heavy (non-hydrogen) atoms. The van der Waals surface area contributed by atoms with Gasteiger partial charge in [-0.3, -0.25) is 9.59 Å². The molecular weight excluding hydrogens is 400 g/mol. The van der Waals surface area contributed by atoms with Gasteiger partial charge in [0.15, 0.2) is 6.04 Å². The zero-order valence-corrected chi connectivity index (χ0v) is 17.9. The van der Waals surface area contributed by atoms with Crippen molar-refractivity contribution in [2.45, 2.75) is 69.9 Å². The van der Waals surface area contributed by atoms with Crippen molar-refractivity contribution in [1.29, 1.82) is 0 Å². The molecule has 3 rings (SSSR count). The van der Waals surface area contributed by atoms with Gasteiger partial charge in [-0.25, -0.2) is 9.78 Å². The molecule has 0 saturated heterocycles. The van der Waals surface area contributed by atoms with E-state index < -0.39 is 23.5 Å². The SMILES string of the molecule is CC(=O)N[C@@H](C(=O)O)C1(O)CCC(C(=O)NCCCc2ccc3c(n2)NCCC3)CC1. The van der Waals surface area contributed by atoms with Crippen LogP contribution in [0.1, 0.15) is 56.7 Å². The van der Waals surface area contributed by atoms with Crippen molar-refractivity contribution in [3.05, 3.63) is 23.4 Å². The van der Waals surface area contributed by atoms with Crippen molar-refractivity contribution >= 4 is 23.6 Å². The summed E-state index contributed by atoms with van der Waals surface area (Å²) in [5.74, 6) is -1.15. The van der Waals surface area contributed by atoms with Crippen LogP contribution in [0.2, 0.25) is 0 Å². The van der Waals surface area contributed by atoms with Crippen LogP contribution in [0.4, 0.5) is 5.82 Å². The number of carboxylic acids is 1. The minimum atomic E-state index is -1.54. The Kier molecular flexibility index (Phi) is 7.48. The van der Waals surface area contributed by atoms with Crippen LogP contribution in [0.5, 0.6) is 0 Å². The summed E-state index contributed by atoms with van der Waals surface area (Å²) in [4.78, 5) is 39.9. The van der Waals surface area contributed by atoms with Crippen molar-refractivity contribution in [2.75, 3.05) is 18.4 Å². The zero-order valence-electron chi connectivity index (χ0n) is 17.9. The van der Waals surface area contributed by atoms with Crippen molar-refractivity contribution in [2.24, 2.45) is 5.92 Å². The molecule has 1 aliphatic carbocycles. The lowest BCUT2D eigenvalue weighted by Crippen LogP contribution is -2.58. The van der Waals surface area contributed by atoms with E-state index in [2.05, 4.69) is 27.0 Å². The number of nitrogens with zero attached hydrogens (tertiary/aromatic N) is 1. The summed E-state index contributed by atoms with van der Waals surface area (Å²) in [6, 6.07) is 2.80. The molecule has 2 amide bonds. The number of pyridine rings is 1. The minimum absolute atomic E-state index is 0.0754. The van der Waals surface area contributed by atoms with Crippen molar-refractivity contribution in [3.63, 3.8) is 0 Å². The first-order chi connectivity index (χ1) is 14.8. The quantitative estimate of drug-likeness (QED) is 0.386. The second-order valence-corrected chi connectivity index (χ2v) is 8.58. The molecule has 0 bridgehead atoms. The summed E-state index contributed by atoms with van der Waals surface area (Å²) in [7, 11) is 0. The van der Waals surface area contributed by atoms with E-state index >= 15 is 0 Å². The van der Waals surface area contributed by atoms with Crippen LogP contribution in [0.3, 0.4) is 0 Å². The molecule has 9 heteroatoms. The molecule has 1 aromatic heterocycles. The highest BCUT2D eigenvalue weighted by Gasteiger charge is 2.45. The summed E-state index contributed by atoms with van der Waals surface area (Å²) in [5, 5.41) is 28.7. The van der Waals surface area contributed by atoms with Crippen LogP contribution < -0.4 is 16.0 Å². The van der Waals surface area contributed by atoms with E-state index in [9.17, 15) is 24.6 Å². The smallest absolute Gasteiger partial charge is 0.329 e. The van der Waals surface area contributed by atoms with Gasteiger partial charge in [0.1, 0.15) is 5.82 Å². The molecule has 9 nitrogen and oxygen atoms in total. The van der Waals surface area contributed by atoms with E-state index in [0.29, 0.717) is 19.4 Å². The van der Waals surface area contributed by atoms with E-state index in [1.54, 1.807) is 0 Å². The third kappa shape index (κ3) is 5.94. The Morgan fingerprint density at radius 3 is 2.71 bits per heavy atom. The summed E-state index contributed by atoms with van der Waals surface area (Å²) in [5.41, 5.74) is 0.715. The summed E-state index contributed by atoms with van der Waals surface area (Å²) >= 11 is 0. The van der Waals surface area contributed by atoms with Crippen molar-refractivity contribution in [3.8, 4) is 0 Å². The molecule has 2 aliphatic rings. The Labute approximate surface area is 182 Å². The maximum absolute atomic E-state index is 12.5. The van der Waals surface area contributed by atoms with Crippen LogP contribution in [-0.4, -0.2) is 57.7 Å². The molecule has 0 unspecified atom stereocenters. The Morgan fingerprint density at radius 1 is 1.29 bits per heavy atom. The average Bonchev–Trinajstić information content (AvgIpc) is 2.75. The Hall–Kier alpha value is -2.68. The Bertz CT molecular complexity index is 820. The molecule has 1 atom stereocenters. The third-order valence-corrected chi connectivity index (χ3v) is 6.21. The fraction of sp³-hybridized carbons (Fsp3) is 0.636. The number of amides is 2. The first kappa shape index (κ1) is 23.0. The standard InChI is InChI=1S/C22H32N4O5/c1-14(27)25-18(21(29)30)22(31)10-8-16(9-11-22)20(28)24-13-3-5-17-7-6-15-4-2-12-23-19(15)26-17/h6-7,16,18,31H,2-5,8-13H2,1H3,(H,23,26)(H,24,28)(H,25,27)(H,29,30)/t16?,18-,22?/m0/s1. The van der Waals surface area contributed by atoms with Gasteiger partial charge in [0, 0.05) is 31.6 Å². The first-order valence-electron chi connectivity index (χ1n) is 11.0. The lowest BCUT2D eigenvalue weighted by atomic mass is 9.74. The summed E-state index contributed by atoms with van der Waals surface area (Å²) < 4.78 is 0. The number of anilines is 1. The molecule has 1 aromatic rings. The fourth-order valence-corrected chi connectivity index (χ4v) is 4.43. The van der Waals surface area contributed by atoms with E-state index in [-0.39, 0.29) is 24.7 Å². The summed E-state index contributed by atoms with van der Waals surface area (Å²) in [6.07, 6.45) is 4.79. The molecule has 2 heterocycles. The van der Waals surface area contributed by atoms with Gasteiger partial charge in [0.25, 0.3) is 0 Å². The second-order valence-electron chi connectivity index (χ2n) is 8.58. The number of carboxylic acid groups (broad SMARTS) is 1. The van der Waals surface area contributed by atoms with E-state index in [1.165, 1.54) is 12.5 Å². The van der Waals surface area contributed by atoms with Gasteiger partial charge in [0.05, 0.1) is 5.60 Å². The van der Waals surface area contributed by atoms with E-state index in [4.69, 9.17) is 0 Å². The molecule has 1 saturated carbocycles. The Balaban J connectivity index is 1.42. The highest BCUT2D eigenvalue weighted by atomic mass is 16.4. The normalized spacial score (nSPS) is 23.7. The number of hydrogen-bond acceptors (Lipinski definition) is 6. The molecule has 170 valence electrons. The number of nitrogens with one attached hydrogen (secondary N) is 3. The Morgan fingerprint density at radius 2 is 2.03 bits per heavy atom. The van der Waals surface area contributed by atoms with Gasteiger partial charge in [-0.2, -0.15) is 0 Å². The number of rotatable bonds is 8. The van der Waals surface area contributed by atoms with Gasteiger partial charge >= 0.3 is 5.97 Å². The second kappa shape index (κ2) is 10.1. The van der Waals surface area contributed by atoms with Crippen LogP contribution in [0, 0.1) is 5.92 Å². The summed E-state index contributed by atoms with van der Waals surface area (Å²) in [6.45, 7) is 2.71. The van der Waals surface area contributed by atoms with Gasteiger partial charge < -0.3 is 26.2 Å². The minimum Gasteiger partial charge on any atom is -0.480 e. The maximum Gasteiger partial charge on any atom is 0.329 e. The highest BCUT2D eigenvalue weighted by Crippen LogP contribution is 2.35. The maximum atomic E-state index is 12.5. The monoisotopic (exact) mass is 432 g/mol. The number of aromatic nitrogens is 1. The van der Waals surface area contributed by atoms with Gasteiger partial charge in [0.2, 0.25) is 11.8 Å². The third-order valence-electron chi connectivity index (χ3n) is 6.21. The number of aryl methyl sites for hydroxylation is 2. The molecule has 1 aliphatic heterocycles. The molecule has 0 aromatic carbocycles. The number of carbonyl (C=O) groups is 3. The predicted molar refractivity (Wildman–Crippen MR) is 115 cm³/mol. The van der Waals surface area contributed by atoms with E-state index in [1.807, 2.05) is 6.07 Å². The van der Waals surface area contributed by atoms with Crippen molar-refractivity contribution in [1.82, 2.24) is 15.6 Å². The highest BCUT2D eigenvalue weighted by molar-refractivity contribution is 5.83. The van der Waals surface area contributed by atoms with Crippen LogP contribution in [0.15, 0.2) is 12.1 Å². The van der Waals surface area contributed by atoms with Crippen LogP contribution >= 0.6 is 0 Å². The van der Waals surface area contributed by atoms with Crippen molar-refractivity contribution < 1.29 is 24.6 Å². The van der Waals surface area contributed by atoms with E-state index in [0.717, 1.165) is 43.7 Å². The average molecular weight is 433 g/mol. The molecule has 0 spiro atoms. The fourth-order valence-electron chi connectivity index (χ4n) is 4.43. The van der Waals surface area contributed by atoms with Crippen LogP contribution in [0.25, 0.3) is 0 Å². The number of hydrogen-bond donors (Lipinski definition) is 5. The van der Waals surface area contributed by atoms with Crippen LogP contribution in [-0.2, 0) is 27.2 Å². The molecule has 1 fully saturated rings. The largest absolute Gasteiger partial charge is 0.480 e. The number of carbonyl (C=O) groups excluding carboxylic acids is 2.